The maximum Gasteiger partial charge on any atom is 0.256 e. The Hall–Kier alpha value is -2.90. The Bertz CT molecular complexity index is 881. The molecule has 0 aliphatic carbocycles. The lowest BCUT2D eigenvalue weighted by Gasteiger charge is -2.12. The third kappa shape index (κ3) is 2.94. The number of benzene rings is 2. The van der Waals surface area contributed by atoms with Gasteiger partial charge in [-0.05, 0) is 29.8 Å². The smallest absolute Gasteiger partial charge is 0.256 e. The van der Waals surface area contributed by atoms with Crippen molar-refractivity contribution in [1.29, 1.82) is 0 Å². The van der Waals surface area contributed by atoms with E-state index in [0.717, 1.165) is 16.8 Å². The number of nitrogens with one attached hydrogen (secondary N) is 1. The Balaban J connectivity index is 2.03. The number of para-hydroxylation sites is 1. The summed E-state index contributed by atoms with van der Waals surface area (Å²) in [6.07, 6.45) is 6.97. The third-order valence-corrected chi connectivity index (χ3v) is 3.85. The second kappa shape index (κ2) is 6.69. The molecule has 0 saturated carbocycles. The van der Waals surface area contributed by atoms with Gasteiger partial charge >= 0.3 is 0 Å². The molecule has 1 N–H and O–H groups in total. The van der Waals surface area contributed by atoms with E-state index >= 15 is 0 Å². The van der Waals surface area contributed by atoms with E-state index < -0.39 is 0 Å². The average molecular weight is 340 g/mol. The molecule has 0 spiro atoms. The van der Waals surface area contributed by atoms with Crippen LogP contribution in [0.15, 0.2) is 36.4 Å². The number of carbonyl (C=O) groups is 1. The number of anilines is 1. The SMILES string of the molecule is C#CCOc1c(Cl)cc(/C=C2\C(=O)Nc3ccccc32)cc1OC. The highest BCUT2D eigenvalue weighted by atomic mass is 35.5. The molecule has 5 heteroatoms. The lowest BCUT2D eigenvalue weighted by Crippen LogP contribution is -2.03. The largest absolute Gasteiger partial charge is 0.493 e. The maximum absolute atomic E-state index is 12.2. The normalized spacial score (nSPS) is 14.0. The number of hydrogen-bond donors (Lipinski definition) is 1. The van der Waals surface area contributed by atoms with E-state index in [2.05, 4.69) is 11.2 Å². The van der Waals surface area contributed by atoms with E-state index in [1.54, 1.807) is 18.2 Å². The maximum atomic E-state index is 12.2. The zero-order valence-electron chi connectivity index (χ0n) is 12.9. The Morgan fingerprint density at radius 2 is 2.12 bits per heavy atom. The molecule has 0 fully saturated rings. The van der Waals surface area contributed by atoms with Crippen LogP contribution >= 0.6 is 11.6 Å². The van der Waals surface area contributed by atoms with Gasteiger partial charge in [0.05, 0.1) is 12.1 Å². The second-order valence-electron chi connectivity index (χ2n) is 5.08. The monoisotopic (exact) mass is 339 g/mol. The van der Waals surface area contributed by atoms with E-state index in [4.69, 9.17) is 27.5 Å². The fraction of sp³-hybridized carbons (Fsp3) is 0.105. The average Bonchev–Trinajstić information content (AvgIpc) is 2.89. The standard InChI is InChI=1S/C19H14ClNO3/c1-3-8-24-18-15(20)10-12(11-17(18)23-2)9-14-13-6-4-5-7-16(13)21-19(14)22/h1,4-7,9-11H,8H2,2H3,(H,21,22)/b14-9-. The lowest BCUT2D eigenvalue weighted by molar-refractivity contribution is -0.110. The number of hydrogen-bond acceptors (Lipinski definition) is 3. The van der Waals surface area contributed by atoms with Crippen LogP contribution in [0.1, 0.15) is 11.1 Å². The van der Waals surface area contributed by atoms with Gasteiger partial charge in [0.25, 0.3) is 5.91 Å². The van der Waals surface area contributed by atoms with Crippen molar-refractivity contribution < 1.29 is 14.3 Å². The topological polar surface area (TPSA) is 47.6 Å². The highest BCUT2D eigenvalue weighted by Gasteiger charge is 2.23. The molecule has 0 atom stereocenters. The summed E-state index contributed by atoms with van der Waals surface area (Å²) in [7, 11) is 1.52. The Morgan fingerprint density at radius 1 is 1.33 bits per heavy atom. The molecule has 0 aromatic heterocycles. The quantitative estimate of drug-likeness (QED) is 0.680. The van der Waals surface area contributed by atoms with Crippen molar-refractivity contribution in [1.82, 2.24) is 0 Å². The summed E-state index contributed by atoms with van der Waals surface area (Å²) in [5.41, 5.74) is 2.94. The first kappa shape index (κ1) is 16.0. The van der Waals surface area contributed by atoms with Gasteiger partial charge in [-0.1, -0.05) is 35.7 Å². The van der Waals surface area contributed by atoms with Crippen LogP contribution in [0.3, 0.4) is 0 Å². The van der Waals surface area contributed by atoms with Crippen molar-refractivity contribution in [3.63, 3.8) is 0 Å². The zero-order valence-corrected chi connectivity index (χ0v) is 13.7. The van der Waals surface area contributed by atoms with Crippen molar-refractivity contribution in [2.24, 2.45) is 0 Å². The molecule has 120 valence electrons. The number of ether oxygens (including phenoxy) is 2. The summed E-state index contributed by atoms with van der Waals surface area (Å²) >= 11 is 6.27. The first-order valence-corrected chi connectivity index (χ1v) is 7.58. The lowest BCUT2D eigenvalue weighted by atomic mass is 10.0. The molecular weight excluding hydrogens is 326 g/mol. The van der Waals surface area contributed by atoms with Gasteiger partial charge in [-0.3, -0.25) is 4.79 Å². The van der Waals surface area contributed by atoms with E-state index in [-0.39, 0.29) is 12.5 Å². The minimum Gasteiger partial charge on any atom is -0.493 e. The fourth-order valence-corrected chi connectivity index (χ4v) is 2.80. The van der Waals surface area contributed by atoms with Gasteiger partial charge in [0.1, 0.15) is 6.61 Å². The van der Waals surface area contributed by atoms with Crippen LogP contribution in [0, 0.1) is 12.3 Å². The molecule has 1 aliphatic heterocycles. The van der Waals surface area contributed by atoms with Gasteiger partial charge in [0, 0.05) is 16.8 Å². The molecule has 3 rings (SSSR count). The van der Waals surface area contributed by atoms with Crippen LogP contribution in [0.25, 0.3) is 11.6 Å². The number of methoxy groups -OCH3 is 1. The number of carbonyl (C=O) groups excluding carboxylic acids is 1. The molecule has 1 heterocycles. The summed E-state index contributed by atoms with van der Waals surface area (Å²) < 4.78 is 10.7. The predicted molar refractivity (Wildman–Crippen MR) is 95.3 cm³/mol. The van der Waals surface area contributed by atoms with Gasteiger partial charge in [0.2, 0.25) is 0 Å². The molecule has 0 radical (unpaired) electrons. The van der Waals surface area contributed by atoms with Gasteiger partial charge in [-0.2, -0.15) is 0 Å². The van der Waals surface area contributed by atoms with Crippen LogP contribution in [-0.4, -0.2) is 19.6 Å². The first-order valence-electron chi connectivity index (χ1n) is 7.20. The van der Waals surface area contributed by atoms with Crippen molar-refractivity contribution in [2.45, 2.75) is 0 Å². The van der Waals surface area contributed by atoms with Crippen molar-refractivity contribution in [3.05, 3.63) is 52.5 Å². The molecule has 0 unspecified atom stereocenters. The van der Waals surface area contributed by atoms with E-state index in [1.165, 1.54) is 7.11 Å². The third-order valence-electron chi connectivity index (χ3n) is 3.57. The van der Waals surface area contributed by atoms with Crippen LogP contribution in [-0.2, 0) is 4.79 Å². The molecule has 2 aromatic rings. The number of amides is 1. The summed E-state index contributed by atoms with van der Waals surface area (Å²) in [6.45, 7) is 0.0896. The minimum absolute atomic E-state index is 0.0896. The predicted octanol–water partition coefficient (Wildman–Crippen LogP) is 3.85. The number of halogens is 1. The van der Waals surface area contributed by atoms with Crippen LogP contribution in [0.5, 0.6) is 11.5 Å². The molecular formula is C19H14ClNO3. The Labute approximate surface area is 145 Å². The molecule has 4 nitrogen and oxygen atoms in total. The number of terminal acetylenes is 1. The van der Waals surface area contributed by atoms with Crippen molar-refractivity contribution in [3.8, 4) is 23.8 Å². The Kier molecular flexibility index (Phi) is 4.45. The van der Waals surface area contributed by atoms with Gasteiger partial charge in [0.15, 0.2) is 11.5 Å². The zero-order chi connectivity index (χ0) is 17.1. The molecule has 2 aromatic carbocycles. The number of rotatable bonds is 4. The van der Waals surface area contributed by atoms with Gasteiger partial charge in [-0.25, -0.2) is 0 Å². The Morgan fingerprint density at radius 3 is 2.88 bits per heavy atom. The van der Waals surface area contributed by atoms with E-state index in [9.17, 15) is 4.79 Å². The van der Waals surface area contributed by atoms with E-state index in [1.807, 2.05) is 24.3 Å². The highest BCUT2D eigenvalue weighted by molar-refractivity contribution is 6.35. The fourth-order valence-electron chi connectivity index (χ4n) is 2.53. The first-order chi connectivity index (χ1) is 11.6. The van der Waals surface area contributed by atoms with Gasteiger partial charge < -0.3 is 14.8 Å². The summed E-state index contributed by atoms with van der Waals surface area (Å²) in [5, 5.41) is 3.20. The molecule has 24 heavy (non-hydrogen) atoms. The molecule has 1 amide bonds. The summed E-state index contributed by atoms with van der Waals surface area (Å²) in [5.74, 6) is 3.07. The van der Waals surface area contributed by atoms with Crippen LogP contribution < -0.4 is 14.8 Å². The summed E-state index contributed by atoms with van der Waals surface area (Å²) in [6, 6.07) is 11.0. The number of fused-ring (bicyclic) bond motifs is 1. The van der Waals surface area contributed by atoms with Crippen LogP contribution in [0.2, 0.25) is 5.02 Å². The van der Waals surface area contributed by atoms with E-state index in [0.29, 0.717) is 22.1 Å². The molecule has 0 saturated heterocycles. The van der Waals surface area contributed by atoms with Gasteiger partial charge in [-0.15, -0.1) is 6.42 Å². The van der Waals surface area contributed by atoms with Crippen molar-refractivity contribution in [2.75, 3.05) is 19.0 Å². The highest BCUT2D eigenvalue weighted by Crippen LogP contribution is 2.38. The summed E-state index contributed by atoms with van der Waals surface area (Å²) in [4.78, 5) is 12.2. The molecule has 1 aliphatic rings. The van der Waals surface area contributed by atoms with Crippen LogP contribution in [0.4, 0.5) is 5.69 Å². The second-order valence-corrected chi connectivity index (χ2v) is 5.49. The molecule has 0 bridgehead atoms. The minimum atomic E-state index is -0.154. The van der Waals surface area contributed by atoms with Crippen molar-refractivity contribution >= 4 is 34.8 Å².